The molecule has 0 unspecified atom stereocenters. The number of amides is 1. The van der Waals surface area contributed by atoms with E-state index in [0.29, 0.717) is 18.7 Å². The Hall–Kier alpha value is -2.97. The van der Waals surface area contributed by atoms with Gasteiger partial charge in [0.15, 0.2) is 5.78 Å². The lowest BCUT2D eigenvalue weighted by molar-refractivity contribution is -0.384. The first kappa shape index (κ1) is 21.7. The summed E-state index contributed by atoms with van der Waals surface area (Å²) >= 11 is 6.07. The van der Waals surface area contributed by atoms with Crippen LogP contribution in [-0.2, 0) is 4.79 Å². The molecule has 1 aliphatic heterocycles. The zero-order valence-corrected chi connectivity index (χ0v) is 17.6. The molecule has 0 saturated carbocycles. The predicted octanol–water partition coefficient (Wildman–Crippen LogP) is 3.60. The van der Waals surface area contributed by atoms with E-state index in [9.17, 15) is 19.7 Å². The highest BCUT2D eigenvalue weighted by molar-refractivity contribution is 6.33. The number of piperazine rings is 1. The van der Waals surface area contributed by atoms with Crippen molar-refractivity contribution in [1.29, 1.82) is 0 Å². The number of carbonyl (C=O) groups excluding carboxylic acids is 2. The Kier molecular flexibility index (Phi) is 6.69. The number of nitrogens with zero attached hydrogens (tertiary/aromatic N) is 3. The molecule has 1 atom stereocenters. The molecule has 0 bridgehead atoms. The zero-order valence-electron chi connectivity index (χ0n) is 16.8. The number of Topliss-reactive ketones (excluding diaryl/α,β-unsaturated/α-hetero) is 1. The molecule has 0 aromatic heterocycles. The first-order chi connectivity index (χ1) is 14.3. The molecule has 3 rings (SSSR count). The summed E-state index contributed by atoms with van der Waals surface area (Å²) in [5.41, 5.74) is 1.82. The summed E-state index contributed by atoms with van der Waals surface area (Å²) in [6.45, 7) is 6.21. The van der Waals surface area contributed by atoms with E-state index in [2.05, 4.69) is 15.1 Å². The lowest BCUT2D eigenvalue weighted by atomic mass is 10.1. The normalized spacial score (nSPS) is 15.5. The summed E-state index contributed by atoms with van der Waals surface area (Å²) in [5.74, 6) is -0.230. The van der Waals surface area contributed by atoms with Crippen molar-refractivity contribution in [2.75, 3.05) is 36.4 Å². The van der Waals surface area contributed by atoms with E-state index in [1.54, 1.807) is 13.8 Å². The summed E-state index contributed by atoms with van der Waals surface area (Å²) < 4.78 is 0. The van der Waals surface area contributed by atoms with Crippen molar-refractivity contribution in [2.45, 2.75) is 19.9 Å². The van der Waals surface area contributed by atoms with Gasteiger partial charge in [0, 0.05) is 49.6 Å². The van der Waals surface area contributed by atoms with E-state index in [0.717, 1.165) is 18.8 Å². The minimum Gasteiger partial charge on any atom is -0.369 e. The Morgan fingerprint density at radius 1 is 1.10 bits per heavy atom. The maximum atomic E-state index is 12.7. The average Bonchev–Trinajstić information content (AvgIpc) is 2.74. The van der Waals surface area contributed by atoms with Gasteiger partial charge in [0.25, 0.3) is 5.69 Å². The highest BCUT2D eigenvalue weighted by atomic mass is 35.5. The third-order valence-corrected chi connectivity index (χ3v) is 5.63. The Balaban J connectivity index is 1.59. The molecule has 1 amide bonds. The van der Waals surface area contributed by atoms with Crippen LogP contribution in [0.3, 0.4) is 0 Å². The monoisotopic (exact) mass is 430 g/mol. The summed E-state index contributed by atoms with van der Waals surface area (Å²) in [6.07, 6.45) is 0. The predicted molar refractivity (Wildman–Crippen MR) is 116 cm³/mol. The van der Waals surface area contributed by atoms with Crippen LogP contribution in [0.5, 0.6) is 0 Å². The van der Waals surface area contributed by atoms with E-state index in [4.69, 9.17) is 11.6 Å². The standard InChI is InChI=1S/C21H23ClN4O4/c1-14(21(28)23-20-13-18(26(29)30)7-8-19(20)22)24-9-11-25(12-10-24)17-5-3-16(4-6-17)15(2)27/h3-8,13-14H,9-12H2,1-2H3,(H,23,28)/t14-/m1/s1. The van der Waals surface area contributed by atoms with Crippen LogP contribution in [-0.4, -0.2) is 53.7 Å². The number of halogens is 1. The van der Waals surface area contributed by atoms with Crippen molar-refractivity contribution in [3.8, 4) is 0 Å². The number of non-ortho nitro benzene ring substituents is 1. The second kappa shape index (κ2) is 9.23. The minimum atomic E-state index is -0.530. The third-order valence-electron chi connectivity index (χ3n) is 5.30. The number of nitrogens with one attached hydrogen (secondary N) is 1. The van der Waals surface area contributed by atoms with Crippen molar-refractivity contribution in [1.82, 2.24) is 4.90 Å². The average molecular weight is 431 g/mol. The van der Waals surface area contributed by atoms with Crippen LogP contribution in [0, 0.1) is 10.1 Å². The van der Waals surface area contributed by atoms with Gasteiger partial charge in [0.2, 0.25) is 5.91 Å². The number of carbonyl (C=O) groups is 2. The second-order valence-electron chi connectivity index (χ2n) is 7.21. The van der Waals surface area contributed by atoms with Crippen molar-refractivity contribution in [3.05, 3.63) is 63.2 Å². The molecule has 158 valence electrons. The lowest BCUT2D eigenvalue weighted by Gasteiger charge is -2.38. The maximum Gasteiger partial charge on any atom is 0.271 e. The van der Waals surface area contributed by atoms with Gasteiger partial charge in [0.1, 0.15) is 0 Å². The zero-order chi connectivity index (χ0) is 21.8. The molecule has 0 aliphatic carbocycles. The first-order valence-electron chi connectivity index (χ1n) is 9.61. The number of nitro benzene ring substituents is 1. The van der Waals surface area contributed by atoms with Gasteiger partial charge in [-0.25, -0.2) is 0 Å². The molecule has 1 fully saturated rings. The molecule has 0 radical (unpaired) electrons. The van der Waals surface area contributed by atoms with Crippen LogP contribution in [0.4, 0.5) is 17.1 Å². The van der Waals surface area contributed by atoms with E-state index < -0.39 is 11.0 Å². The fraction of sp³-hybridized carbons (Fsp3) is 0.333. The SMILES string of the molecule is CC(=O)c1ccc(N2CCN([C@H](C)C(=O)Nc3cc([N+](=O)[O-])ccc3Cl)CC2)cc1. The van der Waals surface area contributed by atoms with Gasteiger partial charge < -0.3 is 10.2 Å². The van der Waals surface area contributed by atoms with Gasteiger partial charge in [-0.2, -0.15) is 0 Å². The summed E-state index contributed by atoms with van der Waals surface area (Å²) in [7, 11) is 0. The van der Waals surface area contributed by atoms with Crippen LogP contribution < -0.4 is 10.2 Å². The van der Waals surface area contributed by atoms with E-state index in [1.807, 2.05) is 24.3 Å². The van der Waals surface area contributed by atoms with Gasteiger partial charge in [-0.05, 0) is 44.2 Å². The van der Waals surface area contributed by atoms with Gasteiger partial charge in [-0.15, -0.1) is 0 Å². The third kappa shape index (κ3) is 4.95. The minimum absolute atomic E-state index is 0.0371. The quantitative estimate of drug-likeness (QED) is 0.427. The fourth-order valence-corrected chi connectivity index (χ4v) is 3.56. The Morgan fingerprint density at radius 3 is 2.30 bits per heavy atom. The molecule has 9 heteroatoms. The van der Waals surface area contributed by atoms with E-state index in [-0.39, 0.29) is 28.1 Å². The molecular weight excluding hydrogens is 408 g/mol. The lowest BCUT2D eigenvalue weighted by Crippen LogP contribution is -2.52. The molecule has 0 spiro atoms. The molecule has 2 aromatic carbocycles. The second-order valence-corrected chi connectivity index (χ2v) is 7.62. The van der Waals surface area contributed by atoms with Crippen LogP contribution in [0.1, 0.15) is 24.2 Å². The number of rotatable bonds is 6. The number of ketones is 1. The topological polar surface area (TPSA) is 95.8 Å². The molecule has 1 saturated heterocycles. The van der Waals surface area contributed by atoms with Crippen molar-refractivity contribution < 1.29 is 14.5 Å². The molecule has 8 nitrogen and oxygen atoms in total. The van der Waals surface area contributed by atoms with E-state index >= 15 is 0 Å². The fourth-order valence-electron chi connectivity index (χ4n) is 3.40. The molecule has 1 heterocycles. The van der Waals surface area contributed by atoms with Crippen molar-refractivity contribution in [2.24, 2.45) is 0 Å². The summed E-state index contributed by atoms with van der Waals surface area (Å²) in [5, 5.41) is 13.9. The smallest absolute Gasteiger partial charge is 0.271 e. The summed E-state index contributed by atoms with van der Waals surface area (Å²) in [4.78, 5) is 38.8. The number of benzene rings is 2. The summed E-state index contributed by atoms with van der Waals surface area (Å²) in [6, 6.07) is 11.1. The largest absolute Gasteiger partial charge is 0.369 e. The number of hydrogen-bond donors (Lipinski definition) is 1. The van der Waals surface area contributed by atoms with Crippen LogP contribution in [0.2, 0.25) is 5.02 Å². The van der Waals surface area contributed by atoms with Gasteiger partial charge in [0.05, 0.1) is 21.7 Å². The Morgan fingerprint density at radius 2 is 1.73 bits per heavy atom. The van der Waals surface area contributed by atoms with Crippen molar-refractivity contribution >= 4 is 40.4 Å². The molecule has 1 aliphatic rings. The van der Waals surface area contributed by atoms with Gasteiger partial charge in [-0.3, -0.25) is 24.6 Å². The van der Waals surface area contributed by atoms with Crippen LogP contribution in [0.25, 0.3) is 0 Å². The Bertz CT molecular complexity index is 956. The van der Waals surface area contributed by atoms with Crippen LogP contribution >= 0.6 is 11.6 Å². The first-order valence-corrected chi connectivity index (χ1v) is 9.99. The Labute approximate surface area is 179 Å². The molecule has 2 aromatic rings. The molecule has 30 heavy (non-hydrogen) atoms. The number of hydrogen-bond acceptors (Lipinski definition) is 6. The number of anilines is 2. The highest BCUT2D eigenvalue weighted by Gasteiger charge is 2.26. The van der Waals surface area contributed by atoms with Gasteiger partial charge in [-0.1, -0.05) is 11.6 Å². The highest BCUT2D eigenvalue weighted by Crippen LogP contribution is 2.27. The molecular formula is C21H23ClN4O4. The molecule has 1 N–H and O–H groups in total. The van der Waals surface area contributed by atoms with Crippen molar-refractivity contribution in [3.63, 3.8) is 0 Å². The van der Waals surface area contributed by atoms with Gasteiger partial charge >= 0.3 is 0 Å². The maximum absolute atomic E-state index is 12.7. The van der Waals surface area contributed by atoms with E-state index in [1.165, 1.54) is 18.2 Å². The number of nitro groups is 1. The van der Waals surface area contributed by atoms with Crippen LogP contribution in [0.15, 0.2) is 42.5 Å².